The first kappa shape index (κ1) is 20.1. The van der Waals surface area contributed by atoms with Crippen LogP contribution >= 0.6 is 0 Å². The molecular weight excluding hydrogens is 357 g/mol. The van der Waals surface area contributed by atoms with Crippen LogP contribution in [0.3, 0.4) is 0 Å². The number of carbonyl (C=O) groups is 1. The lowest BCUT2D eigenvalue weighted by Crippen LogP contribution is -2.50. The Morgan fingerprint density at radius 2 is 1.96 bits per heavy atom. The Hall–Kier alpha value is -2.60. The van der Waals surface area contributed by atoms with Crippen LogP contribution in [0.15, 0.2) is 42.5 Å². The average Bonchev–Trinajstić information content (AvgIpc) is 2.70. The van der Waals surface area contributed by atoms with Crippen LogP contribution in [0.2, 0.25) is 0 Å². The van der Waals surface area contributed by atoms with E-state index in [0.717, 1.165) is 36.1 Å². The third kappa shape index (κ3) is 5.45. The van der Waals surface area contributed by atoms with E-state index < -0.39 is 0 Å². The molecule has 2 N–H and O–H groups in total. The molecule has 0 saturated carbocycles. The molecule has 0 aromatic heterocycles. The maximum atomic E-state index is 14.2. The number of anilines is 1. The molecule has 1 aliphatic heterocycles. The summed E-state index contributed by atoms with van der Waals surface area (Å²) in [5, 5.41) is 5.92. The number of carbonyl (C=O) groups excluding carboxylic acids is 1. The number of halogens is 1. The number of amides is 2. The topological polar surface area (TPSA) is 53.6 Å². The number of hydrogen-bond acceptors (Lipinski definition) is 3. The van der Waals surface area contributed by atoms with Gasteiger partial charge in [0.05, 0.1) is 12.3 Å². The molecule has 28 heavy (non-hydrogen) atoms. The first-order valence-corrected chi connectivity index (χ1v) is 9.67. The van der Waals surface area contributed by atoms with Gasteiger partial charge in [-0.2, -0.15) is 0 Å². The standard InChI is InChI=1S/C22H28FN3O2/c1-16-5-10-20(23)21(12-16)26-11-3-4-19(14-26)25-22(27)24-13-17-6-8-18(9-7-17)15-28-2/h5-10,12,19H,3-4,11,13-15H2,1-2H3,(H2,24,25,27). The van der Waals surface area contributed by atoms with Gasteiger partial charge < -0.3 is 20.3 Å². The summed E-state index contributed by atoms with van der Waals surface area (Å²) in [6, 6.07) is 12.9. The minimum absolute atomic E-state index is 0.00209. The van der Waals surface area contributed by atoms with Gasteiger partial charge in [0.2, 0.25) is 0 Å². The fourth-order valence-electron chi connectivity index (χ4n) is 3.52. The summed E-state index contributed by atoms with van der Waals surface area (Å²) in [4.78, 5) is 14.3. The Labute approximate surface area is 165 Å². The van der Waals surface area contributed by atoms with E-state index in [1.807, 2.05) is 42.2 Å². The highest BCUT2D eigenvalue weighted by molar-refractivity contribution is 5.74. The van der Waals surface area contributed by atoms with Gasteiger partial charge in [-0.25, -0.2) is 9.18 Å². The van der Waals surface area contributed by atoms with Crippen LogP contribution in [0, 0.1) is 12.7 Å². The zero-order valence-corrected chi connectivity index (χ0v) is 16.5. The Kier molecular flexibility index (Phi) is 6.87. The molecule has 2 aromatic carbocycles. The second-order valence-electron chi connectivity index (χ2n) is 7.32. The third-order valence-corrected chi connectivity index (χ3v) is 4.99. The molecule has 1 heterocycles. The van der Waals surface area contributed by atoms with Crippen molar-refractivity contribution >= 4 is 11.7 Å². The van der Waals surface area contributed by atoms with Crippen LogP contribution in [0.1, 0.15) is 29.5 Å². The second kappa shape index (κ2) is 9.55. The van der Waals surface area contributed by atoms with Gasteiger partial charge in [0.15, 0.2) is 0 Å². The molecule has 0 aliphatic carbocycles. The Bertz CT molecular complexity index is 795. The lowest BCUT2D eigenvalue weighted by molar-refractivity contribution is 0.185. The van der Waals surface area contributed by atoms with E-state index in [0.29, 0.717) is 25.4 Å². The van der Waals surface area contributed by atoms with Gasteiger partial charge in [-0.15, -0.1) is 0 Å². The number of hydrogen-bond donors (Lipinski definition) is 2. The summed E-state index contributed by atoms with van der Waals surface area (Å²) in [6.45, 7) is 4.40. The largest absolute Gasteiger partial charge is 0.380 e. The van der Waals surface area contributed by atoms with Gasteiger partial charge in [0, 0.05) is 32.8 Å². The zero-order valence-electron chi connectivity index (χ0n) is 16.5. The normalized spacial score (nSPS) is 16.7. The zero-order chi connectivity index (χ0) is 19.9. The molecule has 6 heteroatoms. The Morgan fingerprint density at radius 3 is 2.71 bits per heavy atom. The van der Waals surface area contributed by atoms with Crippen LogP contribution in [0.25, 0.3) is 0 Å². The lowest BCUT2D eigenvalue weighted by atomic mass is 10.0. The van der Waals surface area contributed by atoms with Gasteiger partial charge in [0.25, 0.3) is 0 Å². The highest BCUT2D eigenvalue weighted by Gasteiger charge is 2.23. The monoisotopic (exact) mass is 385 g/mol. The van der Waals surface area contributed by atoms with Crippen molar-refractivity contribution in [2.45, 2.75) is 39.0 Å². The number of benzene rings is 2. The SMILES string of the molecule is COCc1ccc(CNC(=O)NC2CCCN(c3cc(C)ccc3F)C2)cc1. The second-order valence-corrected chi connectivity index (χ2v) is 7.32. The summed E-state index contributed by atoms with van der Waals surface area (Å²) >= 11 is 0. The van der Waals surface area contributed by atoms with Crippen LogP contribution < -0.4 is 15.5 Å². The van der Waals surface area contributed by atoms with Crippen molar-refractivity contribution < 1.29 is 13.9 Å². The summed E-state index contributed by atoms with van der Waals surface area (Å²) in [6.07, 6.45) is 1.81. The smallest absolute Gasteiger partial charge is 0.315 e. The van der Waals surface area contributed by atoms with E-state index in [2.05, 4.69) is 10.6 Å². The predicted molar refractivity (Wildman–Crippen MR) is 109 cm³/mol. The highest BCUT2D eigenvalue weighted by Crippen LogP contribution is 2.24. The molecular formula is C22H28FN3O2. The Balaban J connectivity index is 1.50. The summed E-state index contributed by atoms with van der Waals surface area (Å²) in [5.41, 5.74) is 3.77. The van der Waals surface area contributed by atoms with Crippen LogP contribution in [-0.4, -0.2) is 32.3 Å². The fraction of sp³-hybridized carbons (Fsp3) is 0.409. The molecule has 1 saturated heterocycles. The summed E-state index contributed by atoms with van der Waals surface area (Å²) in [5.74, 6) is -0.215. The molecule has 2 aromatic rings. The van der Waals surface area contributed by atoms with Crippen molar-refractivity contribution in [3.05, 3.63) is 65.0 Å². The molecule has 0 spiro atoms. The van der Waals surface area contributed by atoms with Crippen LogP contribution in [0.4, 0.5) is 14.9 Å². The van der Waals surface area contributed by atoms with Gasteiger partial charge in [0.1, 0.15) is 5.82 Å². The maximum Gasteiger partial charge on any atom is 0.315 e. The molecule has 1 unspecified atom stereocenters. The van der Waals surface area contributed by atoms with Gasteiger partial charge in [-0.05, 0) is 48.6 Å². The minimum Gasteiger partial charge on any atom is -0.380 e. The molecule has 1 fully saturated rings. The van der Waals surface area contributed by atoms with E-state index in [1.54, 1.807) is 13.2 Å². The highest BCUT2D eigenvalue weighted by atomic mass is 19.1. The number of urea groups is 1. The van der Waals surface area contributed by atoms with Crippen molar-refractivity contribution in [3.63, 3.8) is 0 Å². The maximum absolute atomic E-state index is 14.2. The van der Waals surface area contributed by atoms with Crippen LogP contribution in [-0.2, 0) is 17.9 Å². The minimum atomic E-state index is -0.215. The molecule has 2 amide bonds. The van der Waals surface area contributed by atoms with Gasteiger partial charge in [-0.3, -0.25) is 0 Å². The van der Waals surface area contributed by atoms with Crippen molar-refractivity contribution in [1.29, 1.82) is 0 Å². The number of aryl methyl sites for hydroxylation is 1. The van der Waals surface area contributed by atoms with Crippen molar-refractivity contribution in [2.75, 3.05) is 25.1 Å². The quantitative estimate of drug-likeness (QED) is 0.796. The fourth-order valence-corrected chi connectivity index (χ4v) is 3.52. The number of nitrogens with one attached hydrogen (secondary N) is 2. The van der Waals surface area contributed by atoms with Crippen molar-refractivity contribution in [2.24, 2.45) is 0 Å². The Morgan fingerprint density at radius 1 is 1.21 bits per heavy atom. The molecule has 3 rings (SSSR count). The number of ether oxygens (including phenoxy) is 1. The first-order chi connectivity index (χ1) is 13.5. The van der Waals surface area contributed by atoms with Gasteiger partial charge >= 0.3 is 6.03 Å². The van der Waals surface area contributed by atoms with E-state index in [4.69, 9.17) is 4.74 Å². The molecule has 5 nitrogen and oxygen atoms in total. The van der Waals surface area contributed by atoms with Crippen molar-refractivity contribution in [1.82, 2.24) is 10.6 Å². The van der Waals surface area contributed by atoms with Crippen LogP contribution in [0.5, 0.6) is 0 Å². The average molecular weight is 385 g/mol. The van der Waals surface area contributed by atoms with Crippen molar-refractivity contribution in [3.8, 4) is 0 Å². The third-order valence-electron chi connectivity index (χ3n) is 4.99. The van der Waals surface area contributed by atoms with E-state index in [-0.39, 0.29) is 17.9 Å². The molecule has 1 aliphatic rings. The molecule has 0 radical (unpaired) electrons. The van der Waals surface area contributed by atoms with E-state index >= 15 is 0 Å². The predicted octanol–water partition coefficient (Wildman–Crippen LogP) is 3.75. The number of piperidine rings is 1. The number of nitrogens with zero attached hydrogens (tertiary/aromatic N) is 1. The number of methoxy groups -OCH3 is 1. The molecule has 1 atom stereocenters. The molecule has 0 bridgehead atoms. The molecule has 150 valence electrons. The summed E-state index contributed by atoms with van der Waals surface area (Å²) < 4.78 is 19.3. The van der Waals surface area contributed by atoms with E-state index in [1.165, 1.54) is 6.07 Å². The number of rotatable bonds is 6. The first-order valence-electron chi connectivity index (χ1n) is 9.67. The van der Waals surface area contributed by atoms with Gasteiger partial charge in [-0.1, -0.05) is 30.3 Å². The van der Waals surface area contributed by atoms with E-state index in [9.17, 15) is 9.18 Å². The lowest BCUT2D eigenvalue weighted by Gasteiger charge is -2.35. The summed E-state index contributed by atoms with van der Waals surface area (Å²) in [7, 11) is 1.67.